The van der Waals surface area contributed by atoms with Gasteiger partial charge in [-0.1, -0.05) is 12.1 Å². The second kappa shape index (κ2) is 10.4. The van der Waals surface area contributed by atoms with Gasteiger partial charge < -0.3 is 20.7 Å². The van der Waals surface area contributed by atoms with Crippen LogP contribution in [0, 0.1) is 0 Å². The van der Waals surface area contributed by atoms with Crippen molar-refractivity contribution in [2.75, 3.05) is 44.9 Å². The zero-order valence-electron chi connectivity index (χ0n) is 14.1. The molecule has 1 aliphatic heterocycles. The monoisotopic (exact) mass is 336 g/mol. The van der Waals surface area contributed by atoms with Crippen molar-refractivity contribution in [3.8, 4) is 0 Å². The second-order valence-corrected chi connectivity index (χ2v) is 6.97. The van der Waals surface area contributed by atoms with Crippen molar-refractivity contribution < 1.29 is 4.74 Å². The molecule has 1 atom stereocenters. The van der Waals surface area contributed by atoms with Gasteiger partial charge in [0.05, 0.1) is 6.61 Å². The van der Waals surface area contributed by atoms with Crippen LogP contribution in [0.4, 0.5) is 5.69 Å². The van der Waals surface area contributed by atoms with Crippen molar-refractivity contribution in [2.45, 2.75) is 24.6 Å². The maximum absolute atomic E-state index is 5.03. The van der Waals surface area contributed by atoms with Gasteiger partial charge in [0.15, 0.2) is 5.96 Å². The molecule has 1 unspecified atom stereocenters. The SMILES string of the molecule is CN=C(NCc1ccc(NCCOC)cc1)NCC1CCCS1. The number of thioether (sulfide) groups is 1. The van der Waals surface area contributed by atoms with E-state index in [2.05, 4.69) is 57.0 Å². The molecule has 0 aromatic heterocycles. The number of rotatable bonds is 8. The molecule has 0 amide bonds. The Morgan fingerprint density at radius 3 is 2.78 bits per heavy atom. The van der Waals surface area contributed by atoms with E-state index in [0.29, 0.717) is 6.61 Å². The zero-order valence-corrected chi connectivity index (χ0v) is 14.9. The Hall–Kier alpha value is -1.40. The van der Waals surface area contributed by atoms with E-state index in [0.717, 1.165) is 36.5 Å². The first kappa shape index (κ1) is 17.9. The molecule has 128 valence electrons. The molecule has 1 fully saturated rings. The highest BCUT2D eigenvalue weighted by Crippen LogP contribution is 2.25. The number of aliphatic imine (C=N–C) groups is 1. The third-order valence-corrected chi connectivity index (χ3v) is 5.19. The molecule has 0 aliphatic carbocycles. The van der Waals surface area contributed by atoms with E-state index in [1.165, 1.54) is 24.2 Å². The lowest BCUT2D eigenvalue weighted by Gasteiger charge is -2.15. The molecular formula is C17H28N4OS. The minimum atomic E-state index is 0.713. The quantitative estimate of drug-likeness (QED) is 0.386. The summed E-state index contributed by atoms with van der Waals surface area (Å²) < 4.78 is 5.03. The normalized spacial score (nSPS) is 18.0. The summed E-state index contributed by atoms with van der Waals surface area (Å²) in [5, 5.41) is 10.8. The van der Waals surface area contributed by atoms with Crippen LogP contribution in [0.15, 0.2) is 29.3 Å². The average Bonchev–Trinajstić information content (AvgIpc) is 3.10. The molecule has 2 rings (SSSR count). The maximum atomic E-state index is 5.03. The van der Waals surface area contributed by atoms with Gasteiger partial charge in [0.1, 0.15) is 0 Å². The van der Waals surface area contributed by atoms with Crippen molar-refractivity contribution in [1.29, 1.82) is 0 Å². The molecule has 1 aromatic carbocycles. The first-order chi connectivity index (χ1) is 11.3. The lowest BCUT2D eigenvalue weighted by molar-refractivity contribution is 0.211. The van der Waals surface area contributed by atoms with Crippen molar-refractivity contribution in [3.05, 3.63) is 29.8 Å². The summed E-state index contributed by atoms with van der Waals surface area (Å²) >= 11 is 2.06. The molecule has 1 aromatic rings. The fourth-order valence-corrected chi connectivity index (χ4v) is 3.66. The third kappa shape index (κ3) is 6.71. The molecule has 6 heteroatoms. The summed E-state index contributed by atoms with van der Waals surface area (Å²) in [4.78, 5) is 4.29. The molecular weight excluding hydrogens is 308 g/mol. The van der Waals surface area contributed by atoms with Gasteiger partial charge in [0.25, 0.3) is 0 Å². The van der Waals surface area contributed by atoms with E-state index in [9.17, 15) is 0 Å². The standard InChI is InChI=1S/C17H28N4OS/c1-18-17(21-13-16-4-3-11-23-16)20-12-14-5-7-15(8-6-14)19-9-10-22-2/h5-8,16,19H,3-4,9-13H2,1-2H3,(H2,18,20,21). The Bertz CT molecular complexity index is 472. The second-order valence-electron chi connectivity index (χ2n) is 5.56. The highest BCUT2D eigenvalue weighted by atomic mass is 32.2. The highest BCUT2D eigenvalue weighted by molar-refractivity contribution is 8.00. The predicted molar refractivity (Wildman–Crippen MR) is 100 cm³/mol. The van der Waals surface area contributed by atoms with Crippen LogP contribution in [0.3, 0.4) is 0 Å². The van der Waals surface area contributed by atoms with Crippen LogP contribution in [-0.2, 0) is 11.3 Å². The van der Waals surface area contributed by atoms with Gasteiger partial charge in [0.2, 0.25) is 0 Å². The Morgan fingerprint density at radius 2 is 2.13 bits per heavy atom. The number of methoxy groups -OCH3 is 1. The van der Waals surface area contributed by atoms with E-state index < -0.39 is 0 Å². The summed E-state index contributed by atoms with van der Waals surface area (Å²) in [6.07, 6.45) is 2.65. The molecule has 1 aliphatic rings. The molecule has 23 heavy (non-hydrogen) atoms. The Kier molecular flexibility index (Phi) is 8.11. The Labute approximate surface area is 143 Å². The lowest BCUT2D eigenvalue weighted by Crippen LogP contribution is -2.39. The minimum absolute atomic E-state index is 0.713. The summed E-state index contributed by atoms with van der Waals surface area (Å²) in [6, 6.07) is 8.44. The van der Waals surface area contributed by atoms with Crippen molar-refractivity contribution in [3.63, 3.8) is 0 Å². The third-order valence-electron chi connectivity index (χ3n) is 3.79. The number of hydrogen-bond donors (Lipinski definition) is 3. The summed E-state index contributed by atoms with van der Waals surface area (Å²) in [7, 11) is 3.53. The smallest absolute Gasteiger partial charge is 0.191 e. The number of anilines is 1. The van der Waals surface area contributed by atoms with E-state index in [1.54, 1.807) is 7.11 Å². The number of ether oxygens (including phenoxy) is 1. The van der Waals surface area contributed by atoms with Gasteiger partial charge in [-0.15, -0.1) is 0 Å². The van der Waals surface area contributed by atoms with Crippen molar-refractivity contribution >= 4 is 23.4 Å². The van der Waals surface area contributed by atoms with E-state index >= 15 is 0 Å². The molecule has 0 saturated carbocycles. The molecule has 1 heterocycles. The van der Waals surface area contributed by atoms with Crippen LogP contribution in [-0.4, -0.2) is 50.8 Å². The first-order valence-corrected chi connectivity index (χ1v) is 9.24. The molecule has 0 radical (unpaired) electrons. The van der Waals surface area contributed by atoms with Crippen LogP contribution in [0.25, 0.3) is 0 Å². The molecule has 1 saturated heterocycles. The molecule has 5 nitrogen and oxygen atoms in total. The van der Waals surface area contributed by atoms with E-state index in [-0.39, 0.29) is 0 Å². The van der Waals surface area contributed by atoms with Gasteiger partial charge >= 0.3 is 0 Å². The fourth-order valence-electron chi connectivity index (χ4n) is 2.46. The minimum Gasteiger partial charge on any atom is -0.383 e. The maximum Gasteiger partial charge on any atom is 0.191 e. The van der Waals surface area contributed by atoms with Crippen LogP contribution < -0.4 is 16.0 Å². The van der Waals surface area contributed by atoms with Crippen molar-refractivity contribution in [2.24, 2.45) is 4.99 Å². The van der Waals surface area contributed by atoms with E-state index in [4.69, 9.17) is 4.74 Å². The number of nitrogens with one attached hydrogen (secondary N) is 3. The van der Waals surface area contributed by atoms with Crippen LogP contribution in [0.1, 0.15) is 18.4 Å². The fraction of sp³-hybridized carbons (Fsp3) is 0.588. The number of guanidine groups is 1. The number of nitrogens with zero attached hydrogens (tertiary/aromatic N) is 1. The Morgan fingerprint density at radius 1 is 1.30 bits per heavy atom. The largest absolute Gasteiger partial charge is 0.383 e. The lowest BCUT2D eigenvalue weighted by atomic mass is 10.2. The van der Waals surface area contributed by atoms with Gasteiger partial charge in [-0.05, 0) is 36.3 Å². The summed E-state index contributed by atoms with van der Waals surface area (Å²) in [5.41, 5.74) is 2.35. The first-order valence-electron chi connectivity index (χ1n) is 8.19. The number of benzene rings is 1. The predicted octanol–water partition coefficient (Wildman–Crippen LogP) is 2.31. The topological polar surface area (TPSA) is 57.7 Å². The van der Waals surface area contributed by atoms with Crippen LogP contribution in [0.2, 0.25) is 0 Å². The van der Waals surface area contributed by atoms with Crippen molar-refractivity contribution in [1.82, 2.24) is 10.6 Å². The van der Waals surface area contributed by atoms with Gasteiger partial charge in [-0.25, -0.2) is 0 Å². The molecule has 0 bridgehead atoms. The van der Waals surface area contributed by atoms with Gasteiger partial charge in [0, 0.05) is 44.7 Å². The highest BCUT2D eigenvalue weighted by Gasteiger charge is 2.15. The number of hydrogen-bond acceptors (Lipinski definition) is 4. The molecule has 0 spiro atoms. The zero-order chi connectivity index (χ0) is 16.3. The van der Waals surface area contributed by atoms with Gasteiger partial charge in [-0.3, -0.25) is 4.99 Å². The van der Waals surface area contributed by atoms with E-state index in [1.807, 2.05) is 7.05 Å². The van der Waals surface area contributed by atoms with Crippen LogP contribution >= 0.6 is 11.8 Å². The van der Waals surface area contributed by atoms with Crippen LogP contribution in [0.5, 0.6) is 0 Å². The Balaban J connectivity index is 1.70. The summed E-state index contributed by atoms with van der Waals surface area (Å²) in [5.74, 6) is 2.17. The average molecular weight is 337 g/mol. The summed E-state index contributed by atoms with van der Waals surface area (Å²) in [6.45, 7) is 3.30. The van der Waals surface area contributed by atoms with Gasteiger partial charge in [-0.2, -0.15) is 11.8 Å². The molecule has 3 N–H and O–H groups in total.